The zero-order valence-corrected chi connectivity index (χ0v) is 16.6. The van der Waals surface area contributed by atoms with Gasteiger partial charge in [-0.15, -0.1) is 11.3 Å². The van der Waals surface area contributed by atoms with Crippen LogP contribution in [-0.2, 0) is 11.0 Å². The third-order valence-corrected chi connectivity index (χ3v) is 5.31. The molecule has 1 atom stereocenters. The molecule has 1 aromatic heterocycles. The van der Waals surface area contributed by atoms with E-state index in [0.29, 0.717) is 5.01 Å². The summed E-state index contributed by atoms with van der Waals surface area (Å²) in [4.78, 5) is 28.2. The number of hydrogen-bond acceptors (Lipinski definition) is 4. The van der Waals surface area contributed by atoms with Crippen molar-refractivity contribution in [1.82, 2.24) is 10.3 Å². The zero-order chi connectivity index (χ0) is 21.9. The molecular formula is C21H17F3N2O3S. The first kappa shape index (κ1) is 21.5. The van der Waals surface area contributed by atoms with Crippen molar-refractivity contribution in [1.29, 1.82) is 0 Å². The lowest BCUT2D eigenvalue weighted by Crippen LogP contribution is -2.32. The molecule has 1 heterocycles. The molecule has 0 aliphatic carbocycles. The molecule has 2 aromatic carbocycles. The van der Waals surface area contributed by atoms with Crippen LogP contribution < -0.4 is 5.32 Å². The number of alkyl halides is 3. The van der Waals surface area contributed by atoms with Gasteiger partial charge in [0.2, 0.25) is 0 Å². The minimum atomic E-state index is -4.68. The van der Waals surface area contributed by atoms with Crippen LogP contribution in [0.3, 0.4) is 0 Å². The van der Waals surface area contributed by atoms with E-state index in [1.807, 2.05) is 31.2 Å². The fourth-order valence-corrected chi connectivity index (χ4v) is 3.91. The number of carboxylic acid groups (broad SMARTS) is 1. The maximum atomic E-state index is 13.4. The van der Waals surface area contributed by atoms with Crippen LogP contribution >= 0.6 is 11.3 Å². The number of carbonyl (C=O) groups is 2. The SMILES string of the molecule is Cc1ccccc1-c1nc(C(=O)N[C@@H](CC(=O)O)c2ccccc2C(F)(F)F)cs1. The number of aromatic nitrogens is 1. The quantitative estimate of drug-likeness (QED) is 0.567. The molecule has 156 valence electrons. The Morgan fingerprint density at radius 1 is 1.13 bits per heavy atom. The lowest BCUT2D eigenvalue weighted by atomic mass is 9.97. The first-order valence-corrected chi connectivity index (χ1v) is 9.75. The highest BCUT2D eigenvalue weighted by Gasteiger charge is 2.36. The van der Waals surface area contributed by atoms with Gasteiger partial charge in [-0.2, -0.15) is 13.2 Å². The van der Waals surface area contributed by atoms with E-state index >= 15 is 0 Å². The van der Waals surface area contributed by atoms with Gasteiger partial charge in [-0.1, -0.05) is 42.5 Å². The molecule has 0 bridgehead atoms. The van der Waals surface area contributed by atoms with Crippen LogP contribution in [0.1, 0.15) is 39.6 Å². The second-order valence-electron chi connectivity index (χ2n) is 6.56. The first-order valence-electron chi connectivity index (χ1n) is 8.87. The number of hydrogen-bond donors (Lipinski definition) is 2. The Hall–Kier alpha value is -3.20. The van der Waals surface area contributed by atoms with Gasteiger partial charge in [-0.3, -0.25) is 9.59 Å². The number of aliphatic carboxylic acids is 1. The predicted molar refractivity (Wildman–Crippen MR) is 106 cm³/mol. The van der Waals surface area contributed by atoms with Crippen molar-refractivity contribution >= 4 is 23.2 Å². The normalized spacial score (nSPS) is 12.4. The Balaban J connectivity index is 1.90. The van der Waals surface area contributed by atoms with E-state index < -0.39 is 36.1 Å². The van der Waals surface area contributed by atoms with E-state index in [9.17, 15) is 22.8 Å². The summed E-state index contributed by atoms with van der Waals surface area (Å²) in [5, 5.41) is 13.6. The van der Waals surface area contributed by atoms with Crippen LogP contribution in [0.4, 0.5) is 13.2 Å². The Bertz CT molecular complexity index is 1080. The van der Waals surface area contributed by atoms with E-state index in [1.165, 1.54) is 28.8 Å². The molecule has 0 radical (unpaired) electrons. The maximum Gasteiger partial charge on any atom is 0.416 e. The minimum Gasteiger partial charge on any atom is -0.481 e. The van der Waals surface area contributed by atoms with Gasteiger partial charge in [0.05, 0.1) is 18.0 Å². The third kappa shape index (κ3) is 4.85. The van der Waals surface area contributed by atoms with Crippen LogP contribution in [0.15, 0.2) is 53.9 Å². The number of halogens is 3. The van der Waals surface area contributed by atoms with E-state index in [1.54, 1.807) is 0 Å². The number of thiazole rings is 1. The van der Waals surface area contributed by atoms with E-state index in [2.05, 4.69) is 10.3 Å². The highest BCUT2D eigenvalue weighted by molar-refractivity contribution is 7.13. The molecule has 0 aliphatic rings. The number of aryl methyl sites for hydroxylation is 1. The van der Waals surface area contributed by atoms with Crippen molar-refractivity contribution in [2.75, 3.05) is 0 Å². The summed E-state index contributed by atoms with van der Waals surface area (Å²) < 4.78 is 40.1. The molecule has 1 amide bonds. The molecule has 2 N–H and O–H groups in total. The van der Waals surface area contributed by atoms with Gasteiger partial charge >= 0.3 is 12.1 Å². The number of rotatable bonds is 6. The fourth-order valence-electron chi connectivity index (χ4n) is 3.02. The van der Waals surface area contributed by atoms with Crippen LogP contribution in [0.25, 0.3) is 10.6 Å². The first-order chi connectivity index (χ1) is 14.2. The van der Waals surface area contributed by atoms with Crippen LogP contribution in [0.2, 0.25) is 0 Å². The van der Waals surface area contributed by atoms with Crippen molar-refractivity contribution in [2.45, 2.75) is 25.6 Å². The molecule has 0 unspecified atom stereocenters. The van der Waals surface area contributed by atoms with E-state index in [0.717, 1.165) is 23.3 Å². The van der Waals surface area contributed by atoms with E-state index in [-0.39, 0.29) is 11.3 Å². The number of nitrogens with zero attached hydrogens (tertiary/aromatic N) is 1. The Morgan fingerprint density at radius 3 is 2.47 bits per heavy atom. The van der Waals surface area contributed by atoms with Gasteiger partial charge in [-0.25, -0.2) is 4.98 Å². The Morgan fingerprint density at radius 2 is 1.80 bits per heavy atom. The smallest absolute Gasteiger partial charge is 0.416 e. The van der Waals surface area contributed by atoms with Gasteiger partial charge in [0.1, 0.15) is 10.7 Å². The summed E-state index contributed by atoms with van der Waals surface area (Å²) in [6.07, 6.45) is -5.38. The largest absolute Gasteiger partial charge is 0.481 e. The van der Waals surface area contributed by atoms with Crippen molar-refractivity contribution in [3.05, 3.63) is 76.3 Å². The lowest BCUT2D eigenvalue weighted by Gasteiger charge is -2.21. The molecule has 0 saturated heterocycles. The summed E-state index contributed by atoms with van der Waals surface area (Å²) >= 11 is 1.22. The fraction of sp³-hybridized carbons (Fsp3) is 0.190. The van der Waals surface area contributed by atoms with Crippen LogP contribution in [0.5, 0.6) is 0 Å². The standard InChI is InChI=1S/C21H17F3N2O3S/c1-12-6-2-3-7-13(12)20-26-17(11-30-20)19(29)25-16(10-18(27)28)14-8-4-5-9-15(14)21(22,23)24/h2-9,11,16H,10H2,1H3,(H,25,29)(H,27,28)/t16-/m0/s1. The Kier molecular flexibility index (Phi) is 6.21. The lowest BCUT2D eigenvalue weighted by molar-refractivity contribution is -0.140. The van der Waals surface area contributed by atoms with Crippen LogP contribution in [0, 0.1) is 6.92 Å². The monoisotopic (exact) mass is 434 g/mol. The summed E-state index contributed by atoms with van der Waals surface area (Å²) in [5.74, 6) is -2.08. The highest BCUT2D eigenvalue weighted by Crippen LogP contribution is 2.35. The molecule has 5 nitrogen and oxygen atoms in total. The summed E-state index contributed by atoms with van der Waals surface area (Å²) in [6, 6.07) is 10.7. The molecule has 9 heteroatoms. The van der Waals surface area contributed by atoms with Gasteiger partial charge in [-0.05, 0) is 24.1 Å². The highest BCUT2D eigenvalue weighted by atomic mass is 32.1. The molecular weight excluding hydrogens is 417 g/mol. The van der Waals surface area contributed by atoms with E-state index in [4.69, 9.17) is 5.11 Å². The average molecular weight is 434 g/mol. The van der Waals surface area contributed by atoms with Crippen molar-refractivity contribution < 1.29 is 27.9 Å². The maximum absolute atomic E-state index is 13.4. The van der Waals surface area contributed by atoms with Crippen molar-refractivity contribution in [2.24, 2.45) is 0 Å². The second kappa shape index (κ2) is 8.66. The van der Waals surface area contributed by atoms with Gasteiger partial charge in [0, 0.05) is 10.9 Å². The minimum absolute atomic E-state index is 0.0122. The molecule has 0 fully saturated rings. The molecule has 3 rings (SSSR count). The number of nitrogens with one attached hydrogen (secondary N) is 1. The second-order valence-corrected chi connectivity index (χ2v) is 7.42. The Labute approximate surface area is 174 Å². The predicted octanol–water partition coefficient (Wildman–Crippen LogP) is 5.08. The summed E-state index contributed by atoms with van der Waals surface area (Å²) in [5.41, 5.74) is 0.511. The molecule has 0 spiro atoms. The van der Waals surface area contributed by atoms with Gasteiger partial charge in [0.15, 0.2) is 0 Å². The van der Waals surface area contributed by atoms with Crippen molar-refractivity contribution in [3.8, 4) is 10.6 Å². The summed E-state index contributed by atoms with van der Waals surface area (Å²) in [7, 11) is 0. The summed E-state index contributed by atoms with van der Waals surface area (Å²) in [6.45, 7) is 1.90. The topological polar surface area (TPSA) is 79.3 Å². The number of carboxylic acids is 1. The van der Waals surface area contributed by atoms with Crippen LogP contribution in [-0.4, -0.2) is 22.0 Å². The number of amides is 1. The number of carbonyl (C=O) groups excluding carboxylic acids is 1. The zero-order valence-electron chi connectivity index (χ0n) is 15.7. The third-order valence-electron chi connectivity index (χ3n) is 4.44. The van der Waals surface area contributed by atoms with Gasteiger partial charge in [0.25, 0.3) is 5.91 Å². The molecule has 0 aliphatic heterocycles. The van der Waals surface area contributed by atoms with Gasteiger partial charge < -0.3 is 10.4 Å². The average Bonchev–Trinajstić information content (AvgIpc) is 3.17. The molecule has 0 saturated carbocycles. The number of benzene rings is 2. The molecule has 3 aromatic rings. The molecule has 30 heavy (non-hydrogen) atoms. The van der Waals surface area contributed by atoms with Crippen molar-refractivity contribution in [3.63, 3.8) is 0 Å².